The number of anilines is 2. The molecule has 3 aromatic rings. The van der Waals surface area contributed by atoms with Crippen LogP contribution in [0.3, 0.4) is 0 Å². The first-order valence-corrected chi connectivity index (χ1v) is 12.1. The minimum atomic E-state index is -4.15. The second-order valence-corrected chi connectivity index (χ2v) is 9.86. The van der Waals surface area contributed by atoms with Crippen LogP contribution in [0, 0.1) is 13.8 Å². The van der Waals surface area contributed by atoms with Crippen molar-refractivity contribution in [3.8, 4) is 11.5 Å². The standard InChI is InChI=1S/C24H29N3O6S/c1-15(2)18-7-9-20(10-8-18)27(34(29,30)24-16(3)26-33-17(24)4)14-23(28)25-19-11-21(31-5)13-22(12-19)32-6/h7-13,15H,14H2,1-6H3,(H,25,28). The van der Waals surface area contributed by atoms with Crippen LogP contribution in [-0.4, -0.2) is 40.2 Å². The third-order valence-corrected chi connectivity index (χ3v) is 7.31. The normalized spacial score (nSPS) is 11.4. The van der Waals surface area contributed by atoms with Gasteiger partial charge in [-0.1, -0.05) is 31.1 Å². The van der Waals surface area contributed by atoms with Crippen molar-refractivity contribution in [3.05, 3.63) is 59.5 Å². The van der Waals surface area contributed by atoms with E-state index >= 15 is 0 Å². The molecule has 0 aliphatic heterocycles. The number of benzene rings is 2. The molecule has 1 amide bonds. The number of carbonyl (C=O) groups excluding carboxylic acids is 1. The summed E-state index contributed by atoms with van der Waals surface area (Å²) >= 11 is 0. The average molecular weight is 488 g/mol. The highest BCUT2D eigenvalue weighted by atomic mass is 32.2. The van der Waals surface area contributed by atoms with E-state index in [1.54, 1.807) is 37.3 Å². The average Bonchev–Trinajstić information content (AvgIpc) is 3.15. The van der Waals surface area contributed by atoms with Crippen LogP contribution >= 0.6 is 0 Å². The number of hydrogen-bond acceptors (Lipinski definition) is 7. The smallest absolute Gasteiger partial charge is 0.270 e. The van der Waals surface area contributed by atoms with Crippen LogP contribution in [0.4, 0.5) is 11.4 Å². The van der Waals surface area contributed by atoms with Gasteiger partial charge in [0.05, 0.1) is 19.9 Å². The summed E-state index contributed by atoms with van der Waals surface area (Å²) in [6.07, 6.45) is 0. The Bertz CT molecular complexity index is 1220. The molecule has 2 aromatic carbocycles. The summed E-state index contributed by atoms with van der Waals surface area (Å²) in [5, 5.41) is 6.50. The number of aryl methyl sites for hydroxylation is 2. The fourth-order valence-electron chi connectivity index (χ4n) is 3.50. The van der Waals surface area contributed by atoms with E-state index in [2.05, 4.69) is 10.5 Å². The Balaban J connectivity index is 1.98. The summed E-state index contributed by atoms with van der Waals surface area (Å²) in [5.74, 6) is 0.851. The van der Waals surface area contributed by atoms with E-state index < -0.39 is 22.5 Å². The number of carbonyl (C=O) groups is 1. The van der Waals surface area contributed by atoms with E-state index in [0.717, 1.165) is 9.87 Å². The summed E-state index contributed by atoms with van der Waals surface area (Å²) < 4.78 is 43.9. The summed E-state index contributed by atoms with van der Waals surface area (Å²) in [6, 6.07) is 12.0. The molecule has 0 bridgehead atoms. The van der Waals surface area contributed by atoms with Crippen LogP contribution in [0.1, 0.15) is 36.8 Å². The van der Waals surface area contributed by atoms with E-state index in [-0.39, 0.29) is 22.3 Å². The molecule has 0 unspecified atom stereocenters. The lowest BCUT2D eigenvalue weighted by Gasteiger charge is -2.24. The SMILES string of the molecule is COc1cc(NC(=O)CN(c2ccc(C(C)C)cc2)S(=O)(=O)c2c(C)noc2C)cc(OC)c1. The molecule has 182 valence electrons. The summed E-state index contributed by atoms with van der Waals surface area (Å²) in [4.78, 5) is 13.0. The molecular formula is C24H29N3O6S. The van der Waals surface area contributed by atoms with Crippen LogP contribution in [-0.2, 0) is 14.8 Å². The van der Waals surface area contributed by atoms with Gasteiger partial charge in [-0.2, -0.15) is 0 Å². The minimum absolute atomic E-state index is 0.0590. The molecule has 1 heterocycles. The summed E-state index contributed by atoms with van der Waals surface area (Å²) in [5.41, 5.74) is 2.03. The molecular weight excluding hydrogens is 458 g/mol. The van der Waals surface area contributed by atoms with Crippen molar-refractivity contribution in [2.45, 2.75) is 38.5 Å². The van der Waals surface area contributed by atoms with Gasteiger partial charge in [0.1, 0.15) is 23.7 Å². The first kappa shape index (κ1) is 25.1. The Morgan fingerprint density at radius 2 is 1.65 bits per heavy atom. The largest absolute Gasteiger partial charge is 0.497 e. The molecule has 1 N–H and O–H groups in total. The molecule has 0 atom stereocenters. The van der Waals surface area contributed by atoms with Crippen molar-refractivity contribution in [2.24, 2.45) is 0 Å². The number of hydrogen-bond donors (Lipinski definition) is 1. The zero-order valence-electron chi connectivity index (χ0n) is 20.1. The van der Waals surface area contributed by atoms with Gasteiger partial charge in [-0.15, -0.1) is 0 Å². The van der Waals surface area contributed by atoms with Crippen LogP contribution in [0.25, 0.3) is 0 Å². The van der Waals surface area contributed by atoms with Gasteiger partial charge in [-0.3, -0.25) is 9.10 Å². The van der Waals surface area contributed by atoms with Gasteiger partial charge >= 0.3 is 0 Å². The van der Waals surface area contributed by atoms with E-state index in [1.807, 2.05) is 26.0 Å². The molecule has 1 aromatic heterocycles. The van der Waals surface area contributed by atoms with Crippen LogP contribution in [0.5, 0.6) is 11.5 Å². The van der Waals surface area contributed by atoms with Gasteiger partial charge in [0.25, 0.3) is 10.0 Å². The summed E-state index contributed by atoms with van der Waals surface area (Å²) in [6.45, 7) is 6.70. The van der Waals surface area contributed by atoms with Crippen molar-refractivity contribution in [1.29, 1.82) is 0 Å². The maximum Gasteiger partial charge on any atom is 0.270 e. The zero-order chi connectivity index (χ0) is 25.0. The Morgan fingerprint density at radius 3 is 2.12 bits per heavy atom. The van der Waals surface area contributed by atoms with Gasteiger partial charge in [0.2, 0.25) is 5.91 Å². The Kier molecular flexibility index (Phi) is 7.51. The fourth-order valence-corrected chi connectivity index (χ4v) is 5.22. The second-order valence-electron chi connectivity index (χ2n) is 8.06. The molecule has 0 aliphatic carbocycles. The molecule has 0 saturated heterocycles. The van der Waals surface area contributed by atoms with Crippen LogP contribution < -0.4 is 19.1 Å². The number of sulfonamides is 1. The predicted octanol–water partition coefficient (Wildman–Crippen LogP) is 4.27. The highest BCUT2D eigenvalue weighted by Gasteiger charge is 2.33. The third kappa shape index (κ3) is 5.33. The number of amides is 1. The minimum Gasteiger partial charge on any atom is -0.497 e. The van der Waals surface area contributed by atoms with E-state index in [1.165, 1.54) is 21.1 Å². The predicted molar refractivity (Wildman–Crippen MR) is 129 cm³/mol. The zero-order valence-corrected chi connectivity index (χ0v) is 20.9. The van der Waals surface area contributed by atoms with Crippen molar-refractivity contribution < 1.29 is 27.2 Å². The molecule has 3 rings (SSSR count). The molecule has 10 heteroatoms. The fraction of sp³-hybridized carbons (Fsp3) is 0.333. The maximum absolute atomic E-state index is 13.6. The van der Waals surface area contributed by atoms with Gasteiger partial charge in [-0.25, -0.2) is 8.42 Å². The molecule has 34 heavy (non-hydrogen) atoms. The van der Waals surface area contributed by atoms with Gasteiger partial charge in [0, 0.05) is 23.9 Å². The van der Waals surface area contributed by atoms with Crippen LogP contribution in [0.2, 0.25) is 0 Å². The molecule has 0 radical (unpaired) electrons. The number of methoxy groups -OCH3 is 2. The molecule has 0 saturated carbocycles. The monoisotopic (exact) mass is 487 g/mol. The van der Waals surface area contributed by atoms with Crippen LogP contribution in [0.15, 0.2) is 51.9 Å². The number of rotatable bonds is 9. The number of ether oxygens (including phenoxy) is 2. The Morgan fingerprint density at radius 1 is 1.06 bits per heavy atom. The number of nitrogens with zero attached hydrogens (tertiary/aromatic N) is 2. The Hall–Kier alpha value is -3.53. The quantitative estimate of drug-likeness (QED) is 0.480. The lowest BCUT2D eigenvalue weighted by atomic mass is 10.0. The highest BCUT2D eigenvalue weighted by molar-refractivity contribution is 7.93. The topological polar surface area (TPSA) is 111 Å². The Labute approximate surface area is 199 Å². The second kappa shape index (κ2) is 10.2. The van der Waals surface area contributed by atoms with Crippen molar-refractivity contribution >= 4 is 27.3 Å². The van der Waals surface area contributed by atoms with Gasteiger partial charge in [0.15, 0.2) is 10.7 Å². The van der Waals surface area contributed by atoms with E-state index in [9.17, 15) is 13.2 Å². The third-order valence-electron chi connectivity index (χ3n) is 5.29. The number of nitrogens with one attached hydrogen (secondary N) is 1. The molecule has 0 fully saturated rings. The maximum atomic E-state index is 13.6. The first-order chi connectivity index (χ1) is 16.1. The molecule has 0 aliphatic rings. The summed E-state index contributed by atoms with van der Waals surface area (Å²) in [7, 11) is -1.15. The van der Waals surface area contributed by atoms with E-state index in [4.69, 9.17) is 14.0 Å². The van der Waals surface area contributed by atoms with E-state index in [0.29, 0.717) is 22.9 Å². The lowest BCUT2D eigenvalue weighted by Crippen LogP contribution is -2.38. The lowest BCUT2D eigenvalue weighted by molar-refractivity contribution is -0.114. The van der Waals surface area contributed by atoms with Gasteiger partial charge < -0.3 is 19.3 Å². The molecule has 9 nitrogen and oxygen atoms in total. The van der Waals surface area contributed by atoms with Crippen molar-refractivity contribution in [1.82, 2.24) is 5.16 Å². The molecule has 0 spiro atoms. The van der Waals surface area contributed by atoms with Crippen molar-refractivity contribution in [2.75, 3.05) is 30.4 Å². The highest BCUT2D eigenvalue weighted by Crippen LogP contribution is 2.30. The first-order valence-electron chi connectivity index (χ1n) is 10.6. The van der Waals surface area contributed by atoms with Gasteiger partial charge in [-0.05, 0) is 37.5 Å². The van der Waals surface area contributed by atoms with Crippen molar-refractivity contribution in [3.63, 3.8) is 0 Å². The number of aromatic nitrogens is 1.